The standard InChI is InChI=1S/C15H14N2O4/c1-9-3-4-11-12(7-9)15(20)17(14(11)19)6-5-13(18)21-10(2)8-16/h3-4,7,10H,5-6H2,1-2H3/t10-/m1/s1. The molecular weight excluding hydrogens is 272 g/mol. The quantitative estimate of drug-likeness (QED) is 0.617. The van der Waals surface area contributed by atoms with Crippen LogP contribution in [0.3, 0.4) is 0 Å². The lowest BCUT2D eigenvalue weighted by Crippen LogP contribution is -2.32. The van der Waals surface area contributed by atoms with Gasteiger partial charge in [-0.15, -0.1) is 0 Å². The number of hydrogen-bond donors (Lipinski definition) is 0. The first kappa shape index (κ1) is 14.7. The summed E-state index contributed by atoms with van der Waals surface area (Å²) < 4.78 is 4.78. The van der Waals surface area contributed by atoms with E-state index in [-0.39, 0.29) is 13.0 Å². The van der Waals surface area contributed by atoms with Crippen LogP contribution in [-0.4, -0.2) is 35.3 Å². The molecule has 1 heterocycles. The third-order valence-corrected chi connectivity index (χ3v) is 3.16. The molecule has 0 radical (unpaired) electrons. The number of imide groups is 1. The Morgan fingerprint density at radius 2 is 2.00 bits per heavy atom. The van der Waals surface area contributed by atoms with Gasteiger partial charge in [0, 0.05) is 6.54 Å². The first-order chi connectivity index (χ1) is 9.93. The van der Waals surface area contributed by atoms with E-state index >= 15 is 0 Å². The van der Waals surface area contributed by atoms with Crippen molar-refractivity contribution in [2.75, 3.05) is 6.54 Å². The Morgan fingerprint density at radius 3 is 2.67 bits per heavy atom. The van der Waals surface area contributed by atoms with Crippen molar-refractivity contribution in [2.24, 2.45) is 0 Å². The molecule has 1 aliphatic rings. The molecule has 0 saturated carbocycles. The molecule has 0 aliphatic carbocycles. The van der Waals surface area contributed by atoms with Gasteiger partial charge in [-0.3, -0.25) is 19.3 Å². The molecule has 0 unspecified atom stereocenters. The zero-order valence-electron chi connectivity index (χ0n) is 11.8. The van der Waals surface area contributed by atoms with E-state index in [0.717, 1.165) is 10.5 Å². The van der Waals surface area contributed by atoms with Crippen LogP contribution in [0, 0.1) is 18.3 Å². The fourth-order valence-electron chi connectivity index (χ4n) is 2.09. The van der Waals surface area contributed by atoms with Crippen LogP contribution in [0.4, 0.5) is 0 Å². The molecule has 21 heavy (non-hydrogen) atoms. The number of ether oxygens (including phenoxy) is 1. The van der Waals surface area contributed by atoms with Crippen LogP contribution in [-0.2, 0) is 9.53 Å². The van der Waals surface area contributed by atoms with Crippen molar-refractivity contribution < 1.29 is 19.1 Å². The largest absolute Gasteiger partial charge is 0.447 e. The maximum atomic E-state index is 12.2. The second kappa shape index (κ2) is 5.75. The van der Waals surface area contributed by atoms with Gasteiger partial charge in [0.2, 0.25) is 0 Å². The lowest BCUT2D eigenvalue weighted by Gasteiger charge is -2.13. The normalized spacial score (nSPS) is 14.6. The third-order valence-electron chi connectivity index (χ3n) is 3.16. The SMILES string of the molecule is Cc1ccc2c(c1)C(=O)N(CCC(=O)O[C@H](C)C#N)C2=O. The summed E-state index contributed by atoms with van der Waals surface area (Å²) in [5, 5.41) is 8.55. The van der Waals surface area contributed by atoms with E-state index in [1.54, 1.807) is 24.3 Å². The number of nitriles is 1. The molecule has 2 amide bonds. The molecule has 0 bridgehead atoms. The molecule has 1 aromatic rings. The Bertz CT molecular complexity index is 660. The van der Waals surface area contributed by atoms with Gasteiger partial charge in [-0.05, 0) is 26.0 Å². The summed E-state index contributed by atoms with van der Waals surface area (Å²) >= 11 is 0. The Kier molecular flexibility index (Phi) is 4.03. The predicted molar refractivity (Wildman–Crippen MR) is 72.3 cm³/mol. The first-order valence-electron chi connectivity index (χ1n) is 6.50. The Balaban J connectivity index is 2.04. The summed E-state index contributed by atoms with van der Waals surface area (Å²) in [5.74, 6) is -1.42. The first-order valence-corrected chi connectivity index (χ1v) is 6.50. The van der Waals surface area contributed by atoms with E-state index in [0.29, 0.717) is 11.1 Å². The van der Waals surface area contributed by atoms with E-state index < -0.39 is 23.9 Å². The van der Waals surface area contributed by atoms with Gasteiger partial charge in [-0.1, -0.05) is 11.6 Å². The number of amides is 2. The Labute approximate surface area is 121 Å². The molecule has 1 atom stereocenters. The average Bonchev–Trinajstić information content (AvgIpc) is 2.68. The van der Waals surface area contributed by atoms with Gasteiger partial charge in [0.15, 0.2) is 6.10 Å². The molecular formula is C15H14N2O4. The van der Waals surface area contributed by atoms with E-state index in [1.165, 1.54) is 6.92 Å². The van der Waals surface area contributed by atoms with Crippen LogP contribution >= 0.6 is 0 Å². The number of esters is 1. The van der Waals surface area contributed by atoms with Crippen LogP contribution in [0.15, 0.2) is 18.2 Å². The number of carbonyl (C=O) groups excluding carboxylic acids is 3. The highest BCUT2D eigenvalue weighted by Gasteiger charge is 2.35. The predicted octanol–water partition coefficient (Wildman–Crippen LogP) is 1.44. The van der Waals surface area contributed by atoms with Gasteiger partial charge >= 0.3 is 5.97 Å². The van der Waals surface area contributed by atoms with Crippen LogP contribution < -0.4 is 0 Å². The number of nitrogens with zero attached hydrogens (tertiary/aromatic N) is 2. The van der Waals surface area contributed by atoms with Gasteiger partial charge in [0.05, 0.1) is 17.5 Å². The van der Waals surface area contributed by atoms with Gasteiger partial charge in [-0.2, -0.15) is 5.26 Å². The molecule has 108 valence electrons. The fraction of sp³-hybridized carbons (Fsp3) is 0.333. The summed E-state index contributed by atoms with van der Waals surface area (Å²) in [6.45, 7) is 3.23. The lowest BCUT2D eigenvalue weighted by molar-refractivity contribution is -0.145. The highest BCUT2D eigenvalue weighted by atomic mass is 16.5. The van der Waals surface area contributed by atoms with Crippen molar-refractivity contribution >= 4 is 17.8 Å². The third kappa shape index (κ3) is 2.92. The smallest absolute Gasteiger partial charge is 0.308 e. The molecule has 6 heteroatoms. The molecule has 1 aliphatic heterocycles. The van der Waals surface area contributed by atoms with Crippen LogP contribution in [0.2, 0.25) is 0 Å². The summed E-state index contributed by atoms with van der Waals surface area (Å²) in [6.07, 6.45) is -0.974. The second-order valence-electron chi connectivity index (χ2n) is 4.82. The second-order valence-corrected chi connectivity index (χ2v) is 4.82. The minimum Gasteiger partial charge on any atom is -0.447 e. The summed E-state index contributed by atoms with van der Waals surface area (Å²) in [6, 6.07) is 6.80. The summed E-state index contributed by atoms with van der Waals surface area (Å²) in [5.41, 5.74) is 1.60. The molecule has 0 aromatic heterocycles. The number of hydrogen-bond acceptors (Lipinski definition) is 5. The van der Waals surface area contributed by atoms with Gasteiger partial charge < -0.3 is 4.74 Å². The lowest BCUT2D eigenvalue weighted by atomic mass is 10.1. The van der Waals surface area contributed by atoms with Crippen molar-refractivity contribution in [1.29, 1.82) is 5.26 Å². The maximum absolute atomic E-state index is 12.2. The number of rotatable bonds is 4. The molecule has 0 saturated heterocycles. The number of fused-ring (bicyclic) bond motifs is 1. The minimum absolute atomic E-state index is 0.0532. The Hall–Kier alpha value is -2.68. The molecule has 1 aromatic carbocycles. The van der Waals surface area contributed by atoms with E-state index in [1.807, 2.05) is 6.92 Å². The molecule has 6 nitrogen and oxygen atoms in total. The van der Waals surface area contributed by atoms with Crippen molar-refractivity contribution in [3.8, 4) is 6.07 Å². The van der Waals surface area contributed by atoms with Crippen LogP contribution in [0.5, 0.6) is 0 Å². The van der Waals surface area contributed by atoms with E-state index in [9.17, 15) is 14.4 Å². The van der Waals surface area contributed by atoms with E-state index in [2.05, 4.69) is 0 Å². The number of aryl methyl sites for hydroxylation is 1. The van der Waals surface area contributed by atoms with Crippen LogP contribution in [0.25, 0.3) is 0 Å². The van der Waals surface area contributed by atoms with Gasteiger partial charge in [0.25, 0.3) is 11.8 Å². The highest BCUT2D eigenvalue weighted by molar-refractivity contribution is 6.21. The number of carbonyl (C=O) groups is 3. The molecule has 0 N–H and O–H groups in total. The average molecular weight is 286 g/mol. The molecule has 2 rings (SSSR count). The summed E-state index contributed by atoms with van der Waals surface area (Å²) in [7, 11) is 0. The zero-order chi connectivity index (χ0) is 15.6. The van der Waals surface area contributed by atoms with Gasteiger partial charge in [-0.25, -0.2) is 0 Å². The van der Waals surface area contributed by atoms with Crippen molar-refractivity contribution in [3.63, 3.8) is 0 Å². The van der Waals surface area contributed by atoms with Crippen LogP contribution in [0.1, 0.15) is 39.6 Å². The van der Waals surface area contributed by atoms with Crippen molar-refractivity contribution in [1.82, 2.24) is 4.90 Å². The Morgan fingerprint density at radius 1 is 1.33 bits per heavy atom. The topological polar surface area (TPSA) is 87.5 Å². The van der Waals surface area contributed by atoms with Crippen molar-refractivity contribution in [2.45, 2.75) is 26.4 Å². The van der Waals surface area contributed by atoms with E-state index in [4.69, 9.17) is 10.00 Å². The number of benzene rings is 1. The van der Waals surface area contributed by atoms with Gasteiger partial charge in [0.1, 0.15) is 6.07 Å². The van der Waals surface area contributed by atoms with Crippen molar-refractivity contribution in [3.05, 3.63) is 34.9 Å². The minimum atomic E-state index is -0.845. The zero-order valence-corrected chi connectivity index (χ0v) is 11.8. The molecule has 0 fully saturated rings. The fourth-order valence-corrected chi connectivity index (χ4v) is 2.09. The maximum Gasteiger partial charge on any atom is 0.308 e. The highest BCUT2D eigenvalue weighted by Crippen LogP contribution is 2.23. The molecule has 0 spiro atoms. The monoisotopic (exact) mass is 286 g/mol. The summed E-state index contributed by atoms with van der Waals surface area (Å²) in [4.78, 5) is 36.8.